The van der Waals surface area contributed by atoms with Gasteiger partial charge < -0.3 is 9.84 Å². The van der Waals surface area contributed by atoms with E-state index in [-0.39, 0.29) is 0 Å². The fourth-order valence-corrected chi connectivity index (χ4v) is 3.49. The summed E-state index contributed by atoms with van der Waals surface area (Å²) in [7, 11) is 0. The minimum Gasteiger partial charge on any atom is -0.362 e. The zero-order valence-corrected chi connectivity index (χ0v) is 14.4. The third kappa shape index (κ3) is 2.86. The number of benzene rings is 1. The Bertz CT molecular complexity index is 993. The first-order valence-electron chi connectivity index (χ1n) is 7.35. The monoisotopic (exact) mass is 356 g/mol. The number of nitrogens with one attached hydrogen (secondary N) is 1. The minimum atomic E-state index is 0.502. The maximum atomic E-state index is 5.91. The highest BCUT2D eigenvalue weighted by Crippen LogP contribution is 2.29. The number of hydrogen-bond acceptors (Lipinski definition) is 6. The Kier molecular flexibility index (Phi) is 3.92. The van der Waals surface area contributed by atoms with Crippen LogP contribution in [0.3, 0.4) is 0 Å². The number of rotatable bonds is 4. The van der Waals surface area contributed by atoms with Crippen LogP contribution in [0.15, 0.2) is 46.6 Å². The van der Waals surface area contributed by atoms with Gasteiger partial charge in [-0.3, -0.25) is 0 Å². The van der Waals surface area contributed by atoms with E-state index in [9.17, 15) is 0 Å². The SMILES string of the molecule is Cc1csc2ncnc(NCc3cc(-c4ccc(Cl)cc4)no3)c12. The van der Waals surface area contributed by atoms with Gasteiger partial charge in [0.05, 0.1) is 11.9 Å². The molecule has 7 heteroatoms. The average Bonchev–Trinajstić information content (AvgIpc) is 3.21. The van der Waals surface area contributed by atoms with Gasteiger partial charge in [-0.25, -0.2) is 9.97 Å². The van der Waals surface area contributed by atoms with E-state index in [2.05, 4.69) is 32.7 Å². The van der Waals surface area contributed by atoms with Crippen molar-refractivity contribution in [2.45, 2.75) is 13.5 Å². The van der Waals surface area contributed by atoms with Crippen LogP contribution in [-0.2, 0) is 6.54 Å². The molecule has 0 saturated carbocycles. The zero-order chi connectivity index (χ0) is 16.5. The molecular formula is C17H13ClN4OS. The summed E-state index contributed by atoms with van der Waals surface area (Å²) in [5.41, 5.74) is 2.91. The van der Waals surface area contributed by atoms with Gasteiger partial charge >= 0.3 is 0 Å². The molecule has 0 atom stereocenters. The minimum absolute atomic E-state index is 0.502. The van der Waals surface area contributed by atoms with Gasteiger partial charge in [0.2, 0.25) is 0 Å². The van der Waals surface area contributed by atoms with Gasteiger partial charge in [-0.05, 0) is 30.0 Å². The van der Waals surface area contributed by atoms with Crippen LogP contribution in [0, 0.1) is 6.92 Å². The van der Waals surface area contributed by atoms with Crippen LogP contribution in [-0.4, -0.2) is 15.1 Å². The normalized spacial score (nSPS) is 11.1. The van der Waals surface area contributed by atoms with Crippen LogP contribution in [0.1, 0.15) is 11.3 Å². The number of aryl methyl sites for hydroxylation is 1. The highest BCUT2D eigenvalue weighted by molar-refractivity contribution is 7.17. The van der Waals surface area contributed by atoms with Gasteiger partial charge in [0.1, 0.15) is 22.7 Å². The molecule has 0 aliphatic carbocycles. The van der Waals surface area contributed by atoms with Crippen LogP contribution in [0.5, 0.6) is 0 Å². The third-order valence-electron chi connectivity index (χ3n) is 3.68. The topological polar surface area (TPSA) is 63.8 Å². The quantitative estimate of drug-likeness (QED) is 0.562. The molecule has 3 heterocycles. The van der Waals surface area contributed by atoms with Crippen LogP contribution >= 0.6 is 22.9 Å². The van der Waals surface area contributed by atoms with Gasteiger partial charge in [0.15, 0.2) is 5.76 Å². The highest BCUT2D eigenvalue weighted by atomic mass is 35.5. The van der Waals surface area contributed by atoms with Crippen molar-refractivity contribution in [2.75, 3.05) is 5.32 Å². The lowest BCUT2D eigenvalue weighted by molar-refractivity contribution is 0.390. The van der Waals surface area contributed by atoms with E-state index in [1.165, 1.54) is 0 Å². The number of hydrogen-bond donors (Lipinski definition) is 1. The van der Waals surface area contributed by atoms with Crippen LogP contribution in [0.25, 0.3) is 21.5 Å². The molecule has 0 fully saturated rings. The summed E-state index contributed by atoms with van der Waals surface area (Å²) in [5, 5.41) is 11.2. The molecule has 0 unspecified atom stereocenters. The molecule has 0 aliphatic heterocycles. The highest BCUT2D eigenvalue weighted by Gasteiger charge is 2.10. The molecule has 120 valence electrons. The maximum Gasteiger partial charge on any atom is 0.156 e. The summed E-state index contributed by atoms with van der Waals surface area (Å²) >= 11 is 7.52. The Morgan fingerprint density at radius 1 is 1.21 bits per heavy atom. The molecule has 1 N–H and O–H groups in total. The van der Waals surface area contributed by atoms with Crippen molar-refractivity contribution in [2.24, 2.45) is 0 Å². The van der Waals surface area contributed by atoms with E-state index in [0.717, 1.165) is 38.6 Å². The molecule has 4 rings (SSSR count). The molecule has 0 saturated heterocycles. The van der Waals surface area contributed by atoms with Crippen LogP contribution in [0.2, 0.25) is 5.02 Å². The zero-order valence-electron chi connectivity index (χ0n) is 12.8. The average molecular weight is 357 g/mol. The molecule has 4 aromatic rings. The largest absolute Gasteiger partial charge is 0.362 e. The summed E-state index contributed by atoms with van der Waals surface area (Å²) in [6, 6.07) is 9.41. The molecule has 0 aliphatic rings. The predicted octanol–water partition coefficient (Wildman–Crippen LogP) is 4.92. The molecule has 24 heavy (non-hydrogen) atoms. The summed E-state index contributed by atoms with van der Waals surface area (Å²) in [5.74, 6) is 1.54. The molecule has 1 aromatic carbocycles. The van der Waals surface area contributed by atoms with Crippen molar-refractivity contribution in [3.8, 4) is 11.3 Å². The molecule has 3 aromatic heterocycles. The van der Waals surface area contributed by atoms with E-state index < -0.39 is 0 Å². The second-order valence-corrected chi connectivity index (χ2v) is 6.65. The predicted molar refractivity (Wildman–Crippen MR) is 96.4 cm³/mol. The summed E-state index contributed by atoms with van der Waals surface area (Å²) in [4.78, 5) is 9.60. The van der Waals surface area contributed by atoms with E-state index >= 15 is 0 Å². The third-order valence-corrected chi connectivity index (χ3v) is 4.94. The number of halogens is 1. The van der Waals surface area contributed by atoms with Gasteiger partial charge in [-0.2, -0.15) is 0 Å². The fourth-order valence-electron chi connectivity index (χ4n) is 2.48. The molecule has 5 nitrogen and oxygen atoms in total. The first-order valence-corrected chi connectivity index (χ1v) is 8.60. The van der Waals surface area contributed by atoms with Gasteiger partial charge in [0, 0.05) is 16.7 Å². The van der Waals surface area contributed by atoms with Crippen molar-refractivity contribution in [1.82, 2.24) is 15.1 Å². The summed E-state index contributed by atoms with van der Waals surface area (Å²) < 4.78 is 5.41. The lowest BCUT2D eigenvalue weighted by Crippen LogP contribution is -2.01. The molecule has 0 radical (unpaired) electrons. The van der Waals surface area contributed by atoms with Crippen LogP contribution in [0.4, 0.5) is 5.82 Å². The van der Waals surface area contributed by atoms with Gasteiger partial charge in [-0.15, -0.1) is 11.3 Å². The lowest BCUT2D eigenvalue weighted by Gasteiger charge is -2.04. The standard InChI is InChI=1S/C17H13ClN4OS/c1-10-8-24-17-15(10)16(20-9-21-17)19-7-13-6-14(22-23-13)11-2-4-12(18)5-3-11/h2-6,8-9H,7H2,1H3,(H,19,20,21). The summed E-state index contributed by atoms with van der Waals surface area (Å²) in [6.45, 7) is 2.56. The van der Waals surface area contributed by atoms with E-state index in [1.54, 1.807) is 17.7 Å². The smallest absolute Gasteiger partial charge is 0.156 e. The number of fused-ring (bicyclic) bond motifs is 1. The second-order valence-electron chi connectivity index (χ2n) is 5.36. The van der Waals surface area contributed by atoms with Gasteiger partial charge in [-0.1, -0.05) is 28.9 Å². The van der Waals surface area contributed by atoms with Crippen molar-refractivity contribution < 1.29 is 4.52 Å². The van der Waals surface area contributed by atoms with Crippen molar-refractivity contribution >= 4 is 39.0 Å². The Labute approximate surface area is 147 Å². The Balaban J connectivity index is 1.54. The Morgan fingerprint density at radius 3 is 2.88 bits per heavy atom. The number of thiophene rings is 1. The van der Waals surface area contributed by atoms with Crippen molar-refractivity contribution in [1.29, 1.82) is 0 Å². The number of nitrogens with zero attached hydrogens (tertiary/aromatic N) is 3. The first-order chi connectivity index (χ1) is 11.7. The van der Waals surface area contributed by atoms with Gasteiger partial charge in [0.25, 0.3) is 0 Å². The summed E-state index contributed by atoms with van der Waals surface area (Å²) in [6.07, 6.45) is 1.57. The fraction of sp³-hybridized carbons (Fsp3) is 0.118. The maximum absolute atomic E-state index is 5.91. The molecule has 0 bridgehead atoms. The number of aromatic nitrogens is 3. The lowest BCUT2D eigenvalue weighted by atomic mass is 10.1. The molecule has 0 spiro atoms. The Hall–Kier alpha value is -2.44. The molecular weight excluding hydrogens is 344 g/mol. The van der Waals surface area contributed by atoms with E-state index in [0.29, 0.717) is 11.6 Å². The first kappa shape index (κ1) is 15.1. The van der Waals surface area contributed by atoms with E-state index in [4.69, 9.17) is 16.1 Å². The van der Waals surface area contributed by atoms with Crippen molar-refractivity contribution in [3.05, 3.63) is 58.4 Å². The second kappa shape index (κ2) is 6.22. The van der Waals surface area contributed by atoms with E-state index in [1.807, 2.05) is 30.3 Å². The molecule has 0 amide bonds. The van der Waals surface area contributed by atoms with Crippen LogP contribution < -0.4 is 5.32 Å². The van der Waals surface area contributed by atoms with Crippen molar-refractivity contribution in [3.63, 3.8) is 0 Å². The number of anilines is 1. The Morgan fingerprint density at radius 2 is 2.04 bits per heavy atom.